The SMILES string of the molecule is N#C[C@@H](NC(c1ccccc1)c1ccccc1)c1ccsc1. The largest absolute Gasteiger partial charge is 0.287 e. The summed E-state index contributed by atoms with van der Waals surface area (Å²) in [5.74, 6) is 0. The van der Waals surface area contributed by atoms with Gasteiger partial charge in [-0.3, -0.25) is 5.32 Å². The van der Waals surface area contributed by atoms with Crippen LogP contribution in [0.2, 0.25) is 0 Å². The molecular weight excluding hydrogens is 288 g/mol. The van der Waals surface area contributed by atoms with Gasteiger partial charge >= 0.3 is 0 Å². The van der Waals surface area contributed by atoms with Crippen LogP contribution in [0.5, 0.6) is 0 Å². The van der Waals surface area contributed by atoms with Crippen LogP contribution in [-0.4, -0.2) is 0 Å². The van der Waals surface area contributed by atoms with E-state index in [0.717, 1.165) is 16.7 Å². The molecule has 22 heavy (non-hydrogen) atoms. The lowest BCUT2D eigenvalue weighted by Crippen LogP contribution is -2.26. The first kappa shape index (κ1) is 14.5. The molecule has 0 aliphatic heterocycles. The molecule has 0 radical (unpaired) electrons. The summed E-state index contributed by atoms with van der Waals surface area (Å²) < 4.78 is 0. The van der Waals surface area contributed by atoms with E-state index < -0.39 is 0 Å². The highest BCUT2D eigenvalue weighted by Crippen LogP contribution is 2.26. The van der Waals surface area contributed by atoms with Crippen molar-refractivity contribution >= 4 is 11.3 Å². The van der Waals surface area contributed by atoms with Crippen molar-refractivity contribution < 1.29 is 0 Å². The van der Waals surface area contributed by atoms with Crippen LogP contribution in [-0.2, 0) is 0 Å². The van der Waals surface area contributed by atoms with E-state index in [1.807, 2.05) is 53.2 Å². The summed E-state index contributed by atoms with van der Waals surface area (Å²) >= 11 is 1.61. The number of rotatable bonds is 5. The van der Waals surface area contributed by atoms with Gasteiger partial charge < -0.3 is 0 Å². The highest BCUT2D eigenvalue weighted by atomic mass is 32.1. The summed E-state index contributed by atoms with van der Waals surface area (Å²) in [5, 5.41) is 17.0. The van der Waals surface area contributed by atoms with Crippen LogP contribution in [0.25, 0.3) is 0 Å². The minimum Gasteiger partial charge on any atom is -0.287 e. The average molecular weight is 304 g/mol. The molecule has 3 heteroatoms. The molecule has 0 spiro atoms. The molecule has 0 fully saturated rings. The lowest BCUT2D eigenvalue weighted by atomic mass is 9.97. The molecule has 3 aromatic rings. The zero-order valence-corrected chi connectivity index (χ0v) is 12.8. The standard InChI is InChI=1S/C19H16N2S/c20-13-18(17-11-12-22-14-17)21-19(15-7-3-1-4-8-15)16-9-5-2-6-10-16/h1-12,14,18-19,21H/t18-/m1/s1. The highest BCUT2D eigenvalue weighted by Gasteiger charge is 2.19. The number of nitrogens with zero attached hydrogens (tertiary/aromatic N) is 1. The monoisotopic (exact) mass is 304 g/mol. The Balaban J connectivity index is 1.94. The molecule has 2 nitrogen and oxygen atoms in total. The van der Waals surface area contributed by atoms with Gasteiger partial charge in [0.2, 0.25) is 0 Å². The van der Waals surface area contributed by atoms with Crippen LogP contribution in [0.4, 0.5) is 0 Å². The fraction of sp³-hybridized carbons (Fsp3) is 0.105. The molecular formula is C19H16N2S. The zero-order chi connectivity index (χ0) is 15.2. The first-order chi connectivity index (χ1) is 10.9. The molecule has 0 aliphatic carbocycles. The van der Waals surface area contributed by atoms with Crippen molar-refractivity contribution in [1.82, 2.24) is 5.32 Å². The van der Waals surface area contributed by atoms with E-state index in [9.17, 15) is 5.26 Å². The van der Waals surface area contributed by atoms with Gasteiger partial charge in [-0.05, 0) is 33.5 Å². The highest BCUT2D eigenvalue weighted by molar-refractivity contribution is 7.08. The smallest absolute Gasteiger partial charge is 0.122 e. The minimum absolute atomic E-state index is 0.00745. The Morgan fingerprint density at radius 2 is 1.41 bits per heavy atom. The fourth-order valence-corrected chi connectivity index (χ4v) is 3.18. The Kier molecular flexibility index (Phi) is 4.65. The number of nitrogens with one attached hydrogen (secondary N) is 1. The molecule has 0 unspecified atom stereocenters. The van der Waals surface area contributed by atoms with Crippen molar-refractivity contribution in [2.75, 3.05) is 0 Å². The van der Waals surface area contributed by atoms with E-state index in [4.69, 9.17) is 0 Å². The molecule has 1 heterocycles. The van der Waals surface area contributed by atoms with Gasteiger partial charge in [-0.25, -0.2) is 0 Å². The van der Waals surface area contributed by atoms with Crippen LogP contribution in [0, 0.1) is 11.3 Å². The van der Waals surface area contributed by atoms with Gasteiger partial charge in [-0.15, -0.1) is 0 Å². The van der Waals surface area contributed by atoms with Crippen LogP contribution in [0.1, 0.15) is 28.8 Å². The van der Waals surface area contributed by atoms with E-state index >= 15 is 0 Å². The Bertz CT molecular complexity index is 691. The second-order valence-corrected chi connectivity index (χ2v) is 5.82. The Morgan fingerprint density at radius 1 is 0.818 bits per heavy atom. The third kappa shape index (κ3) is 3.25. The molecule has 0 aliphatic rings. The minimum atomic E-state index is -0.323. The van der Waals surface area contributed by atoms with E-state index in [1.54, 1.807) is 11.3 Å². The molecule has 0 saturated carbocycles. The van der Waals surface area contributed by atoms with Gasteiger partial charge in [0.15, 0.2) is 0 Å². The van der Waals surface area contributed by atoms with Crippen LogP contribution in [0.15, 0.2) is 77.5 Å². The average Bonchev–Trinajstić information content (AvgIpc) is 3.12. The zero-order valence-electron chi connectivity index (χ0n) is 12.0. The van der Waals surface area contributed by atoms with Crippen molar-refractivity contribution in [2.45, 2.75) is 12.1 Å². The Labute approximate surface area is 134 Å². The molecule has 2 aromatic carbocycles. The van der Waals surface area contributed by atoms with Gasteiger partial charge in [0.25, 0.3) is 0 Å². The maximum absolute atomic E-state index is 9.53. The Morgan fingerprint density at radius 3 is 1.86 bits per heavy atom. The molecule has 1 aromatic heterocycles. The van der Waals surface area contributed by atoms with Crippen LogP contribution >= 0.6 is 11.3 Å². The Hall–Kier alpha value is -2.41. The molecule has 1 N–H and O–H groups in total. The van der Waals surface area contributed by atoms with E-state index in [-0.39, 0.29) is 12.1 Å². The second-order valence-electron chi connectivity index (χ2n) is 5.04. The van der Waals surface area contributed by atoms with Gasteiger partial charge in [-0.2, -0.15) is 16.6 Å². The van der Waals surface area contributed by atoms with Crippen LogP contribution < -0.4 is 5.32 Å². The molecule has 1 atom stereocenters. The summed E-state index contributed by atoms with van der Waals surface area (Å²) in [4.78, 5) is 0. The summed E-state index contributed by atoms with van der Waals surface area (Å²) in [6.45, 7) is 0. The molecule has 0 amide bonds. The van der Waals surface area contributed by atoms with Gasteiger partial charge in [-0.1, -0.05) is 60.7 Å². The predicted molar refractivity (Wildman–Crippen MR) is 90.5 cm³/mol. The van der Waals surface area contributed by atoms with Gasteiger partial charge in [0, 0.05) is 0 Å². The molecule has 108 valence electrons. The first-order valence-electron chi connectivity index (χ1n) is 7.16. The quantitative estimate of drug-likeness (QED) is 0.742. The lowest BCUT2D eigenvalue weighted by Gasteiger charge is -2.22. The van der Waals surface area contributed by atoms with E-state index in [1.165, 1.54) is 0 Å². The normalized spacial score (nSPS) is 12.0. The number of benzene rings is 2. The summed E-state index contributed by atoms with van der Waals surface area (Å²) in [6.07, 6.45) is 0. The van der Waals surface area contributed by atoms with Crippen molar-refractivity contribution in [3.8, 4) is 6.07 Å². The topological polar surface area (TPSA) is 35.8 Å². The molecule has 0 bridgehead atoms. The number of hydrogen-bond acceptors (Lipinski definition) is 3. The summed E-state index contributed by atoms with van der Waals surface area (Å²) in [5.41, 5.74) is 3.33. The summed E-state index contributed by atoms with van der Waals surface area (Å²) in [6, 6.07) is 24.5. The maximum atomic E-state index is 9.53. The van der Waals surface area contributed by atoms with Crippen molar-refractivity contribution in [2.24, 2.45) is 0 Å². The first-order valence-corrected chi connectivity index (χ1v) is 8.10. The molecule has 3 rings (SSSR count). The third-order valence-corrected chi connectivity index (χ3v) is 4.31. The lowest BCUT2D eigenvalue weighted by molar-refractivity contribution is 0.560. The summed E-state index contributed by atoms with van der Waals surface area (Å²) in [7, 11) is 0. The van der Waals surface area contributed by atoms with Crippen LogP contribution in [0.3, 0.4) is 0 Å². The predicted octanol–water partition coefficient (Wildman–Crippen LogP) is 4.69. The van der Waals surface area contributed by atoms with Gasteiger partial charge in [0.05, 0.1) is 12.1 Å². The number of thiophene rings is 1. The van der Waals surface area contributed by atoms with Crippen molar-refractivity contribution in [3.05, 3.63) is 94.2 Å². The number of nitriles is 1. The van der Waals surface area contributed by atoms with E-state index in [0.29, 0.717) is 0 Å². The second kappa shape index (κ2) is 7.04. The number of hydrogen-bond donors (Lipinski definition) is 1. The van der Waals surface area contributed by atoms with Gasteiger partial charge in [0.1, 0.15) is 6.04 Å². The fourth-order valence-electron chi connectivity index (χ4n) is 2.49. The van der Waals surface area contributed by atoms with Crippen molar-refractivity contribution in [3.63, 3.8) is 0 Å². The third-order valence-electron chi connectivity index (χ3n) is 3.60. The van der Waals surface area contributed by atoms with Crippen molar-refractivity contribution in [1.29, 1.82) is 5.26 Å². The van der Waals surface area contributed by atoms with E-state index in [2.05, 4.69) is 35.7 Å². The maximum Gasteiger partial charge on any atom is 0.122 e. The molecule has 0 saturated heterocycles.